The Morgan fingerprint density at radius 3 is 2.55 bits per heavy atom. The summed E-state index contributed by atoms with van der Waals surface area (Å²) in [6, 6.07) is 6.34. The molecule has 0 aliphatic heterocycles. The van der Waals surface area contributed by atoms with E-state index in [-0.39, 0.29) is 0 Å². The largest absolute Gasteiger partial charge is 0.0843 e. The maximum absolute atomic E-state index is 5.92. The number of hydrogen-bond acceptors (Lipinski definition) is 0. The quantitative estimate of drug-likeness (QED) is 0.599. The summed E-state index contributed by atoms with van der Waals surface area (Å²) in [4.78, 5) is 0. The van der Waals surface area contributed by atoms with Crippen molar-refractivity contribution in [1.82, 2.24) is 0 Å². The molecule has 11 heavy (non-hydrogen) atoms. The molecule has 1 saturated carbocycles. The lowest BCUT2D eigenvalue weighted by atomic mass is 10.1. The molecule has 0 amide bonds. The van der Waals surface area contributed by atoms with Crippen LogP contribution in [0, 0.1) is 6.92 Å². The minimum atomic E-state index is 0.812. The van der Waals surface area contributed by atoms with Crippen molar-refractivity contribution < 1.29 is 0 Å². The first-order valence-electron chi connectivity index (χ1n) is 4.03. The molecule has 1 aromatic rings. The maximum Gasteiger partial charge on any atom is 0.0411 e. The highest BCUT2D eigenvalue weighted by Gasteiger charge is 2.23. The zero-order valence-corrected chi connectivity index (χ0v) is 7.36. The van der Waals surface area contributed by atoms with Crippen LogP contribution in [0.2, 0.25) is 5.02 Å². The van der Waals surface area contributed by atoms with Crippen molar-refractivity contribution in [2.75, 3.05) is 0 Å². The van der Waals surface area contributed by atoms with Gasteiger partial charge in [0.2, 0.25) is 0 Å². The van der Waals surface area contributed by atoms with Gasteiger partial charge in [-0.25, -0.2) is 0 Å². The van der Waals surface area contributed by atoms with E-state index in [2.05, 4.69) is 19.1 Å². The van der Waals surface area contributed by atoms with Crippen LogP contribution < -0.4 is 0 Å². The summed E-state index contributed by atoms with van der Waals surface area (Å²) < 4.78 is 0. The highest BCUT2D eigenvalue weighted by molar-refractivity contribution is 6.30. The first-order chi connectivity index (χ1) is 5.25. The summed E-state index contributed by atoms with van der Waals surface area (Å²) in [5.41, 5.74) is 2.70. The second-order valence-corrected chi connectivity index (χ2v) is 3.77. The molecule has 0 bridgehead atoms. The Hall–Kier alpha value is -0.490. The van der Waals surface area contributed by atoms with Gasteiger partial charge < -0.3 is 0 Å². The molecule has 0 atom stereocenters. The van der Waals surface area contributed by atoms with Crippen LogP contribution in [0.5, 0.6) is 0 Å². The first-order valence-corrected chi connectivity index (χ1v) is 4.40. The first kappa shape index (κ1) is 7.17. The molecule has 1 aromatic carbocycles. The van der Waals surface area contributed by atoms with Crippen molar-refractivity contribution >= 4 is 11.6 Å². The van der Waals surface area contributed by atoms with E-state index in [0.29, 0.717) is 0 Å². The molecule has 2 rings (SSSR count). The summed E-state index contributed by atoms with van der Waals surface area (Å²) >= 11 is 5.92. The Kier molecular flexibility index (Phi) is 1.65. The van der Waals surface area contributed by atoms with Gasteiger partial charge in [0.25, 0.3) is 0 Å². The van der Waals surface area contributed by atoms with E-state index in [1.165, 1.54) is 24.0 Å². The normalized spacial score (nSPS) is 16.9. The second kappa shape index (κ2) is 2.53. The van der Waals surface area contributed by atoms with E-state index >= 15 is 0 Å². The summed E-state index contributed by atoms with van der Waals surface area (Å²) in [5.74, 6) is 0.812. The number of hydrogen-bond donors (Lipinski definition) is 0. The van der Waals surface area contributed by atoms with Crippen LogP contribution in [-0.2, 0) is 0 Å². The lowest BCUT2D eigenvalue weighted by molar-refractivity contribution is 1.12. The van der Waals surface area contributed by atoms with E-state index in [9.17, 15) is 0 Å². The van der Waals surface area contributed by atoms with Crippen LogP contribution in [0.1, 0.15) is 29.9 Å². The smallest absolute Gasteiger partial charge is 0.0411 e. The van der Waals surface area contributed by atoms with Crippen molar-refractivity contribution in [1.29, 1.82) is 0 Å². The predicted octanol–water partition coefficient (Wildman–Crippen LogP) is 3.53. The standard InChI is InChI=1S/C10H11Cl/c1-7-4-9(8-2-3-8)6-10(11)5-7/h4-6,8H,2-3H2,1H3. The fourth-order valence-electron chi connectivity index (χ4n) is 1.42. The molecule has 1 heteroatoms. The number of halogens is 1. The van der Waals surface area contributed by atoms with Gasteiger partial charge in [-0.15, -0.1) is 0 Å². The van der Waals surface area contributed by atoms with E-state index in [1.54, 1.807) is 0 Å². The van der Waals surface area contributed by atoms with Crippen molar-refractivity contribution in [3.8, 4) is 0 Å². The number of benzene rings is 1. The topological polar surface area (TPSA) is 0 Å². The van der Waals surface area contributed by atoms with Gasteiger partial charge >= 0.3 is 0 Å². The average molecular weight is 167 g/mol. The molecule has 1 fully saturated rings. The third-order valence-electron chi connectivity index (χ3n) is 2.11. The van der Waals surface area contributed by atoms with Crippen LogP contribution in [0.4, 0.5) is 0 Å². The van der Waals surface area contributed by atoms with Gasteiger partial charge in [-0.05, 0) is 48.9 Å². The molecule has 0 heterocycles. The minimum absolute atomic E-state index is 0.812. The van der Waals surface area contributed by atoms with Crippen molar-refractivity contribution in [3.05, 3.63) is 34.3 Å². The molecular formula is C10H11Cl. The molecule has 0 saturated heterocycles. The van der Waals surface area contributed by atoms with Crippen molar-refractivity contribution in [2.24, 2.45) is 0 Å². The Labute approximate surface area is 72.2 Å². The van der Waals surface area contributed by atoms with Crippen molar-refractivity contribution in [2.45, 2.75) is 25.7 Å². The Balaban J connectivity index is 2.39. The summed E-state index contributed by atoms with van der Waals surface area (Å²) in [6.07, 6.45) is 2.69. The third-order valence-corrected chi connectivity index (χ3v) is 2.33. The van der Waals surface area contributed by atoms with Gasteiger partial charge in [0.15, 0.2) is 0 Å². The zero-order valence-electron chi connectivity index (χ0n) is 6.60. The van der Waals surface area contributed by atoms with Crippen LogP contribution in [0.25, 0.3) is 0 Å². The molecule has 0 unspecified atom stereocenters. The van der Waals surface area contributed by atoms with Crippen LogP contribution in [0.15, 0.2) is 18.2 Å². The van der Waals surface area contributed by atoms with Gasteiger partial charge in [-0.1, -0.05) is 17.7 Å². The minimum Gasteiger partial charge on any atom is -0.0843 e. The summed E-state index contributed by atoms with van der Waals surface area (Å²) in [6.45, 7) is 2.10. The van der Waals surface area contributed by atoms with Gasteiger partial charge in [0.1, 0.15) is 0 Å². The Bertz CT molecular complexity index is 254. The second-order valence-electron chi connectivity index (χ2n) is 3.34. The van der Waals surface area contributed by atoms with Gasteiger partial charge in [0, 0.05) is 5.02 Å². The number of rotatable bonds is 1. The molecule has 0 radical (unpaired) electrons. The molecule has 0 spiro atoms. The Morgan fingerprint density at radius 1 is 1.27 bits per heavy atom. The molecule has 1 aliphatic carbocycles. The van der Waals surface area contributed by atoms with Crippen LogP contribution in [-0.4, -0.2) is 0 Å². The van der Waals surface area contributed by atoms with E-state index in [0.717, 1.165) is 10.9 Å². The monoisotopic (exact) mass is 166 g/mol. The molecule has 1 aliphatic rings. The molecular weight excluding hydrogens is 156 g/mol. The molecule has 58 valence electrons. The fourth-order valence-corrected chi connectivity index (χ4v) is 1.72. The lowest BCUT2D eigenvalue weighted by Crippen LogP contribution is -1.80. The Morgan fingerprint density at radius 2 is 2.00 bits per heavy atom. The summed E-state index contributed by atoms with van der Waals surface area (Å²) in [7, 11) is 0. The van der Waals surface area contributed by atoms with Gasteiger partial charge in [0.05, 0.1) is 0 Å². The number of aryl methyl sites for hydroxylation is 1. The van der Waals surface area contributed by atoms with E-state index in [1.807, 2.05) is 6.07 Å². The molecule has 0 N–H and O–H groups in total. The summed E-state index contributed by atoms with van der Waals surface area (Å²) in [5, 5.41) is 0.881. The van der Waals surface area contributed by atoms with E-state index in [4.69, 9.17) is 11.6 Å². The zero-order chi connectivity index (χ0) is 7.84. The molecule has 0 aromatic heterocycles. The van der Waals surface area contributed by atoms with Gasteiger partial charge in [-0.2, -0.15) is 0 Å². The molecule has 0 nitrogen and oxygen atoms in total. The lowest BCUT2D eigenvalue weighted by Gasteiger charge is -2.00. The van der Waals surface area contributed by atoms with E-state index < -0.39 is 0 Å². The third kappa shape index (κ3) is 1.57. The maximum atomic E-state index is 5.92. The fraction of sp³-hybridized carbons (Fsp3) is 0.400. The predicted molar refractivity (Wildman–Crippen MR) is 48.2 cm³/mol. The van der Waals surface area contributed by atoms with Gasteiger partial charge in [-0.3, -0.25) is 0 Å². The highest BCUT2D eigenvalue weighted by Crippen LogP contribution is 2.41. The van der Waals surface area contributed by atoms with Crippen molar-refractivity contribution in [3.63, 3.8) is 0 Å². The van der Waals surface area contributed by atoms with Crippen LogP contribution in [0.3, 0.4) is 0 Å². The highest BCUT2D eigenvalue weighted by atomic mass is 35.5. The average Bonchev–Trinajstić information content (AvgIpc) is 2.64. The SMILES string of the molecule is Cc1cc(Cl)cc(C2CC2)c1. The van der Waals surface area contributed by atoms with Crippen LogP contribution >= 0.6 is 11.6 Å².